The number of hydrogen-bond donors (Lipinski definition) is 4. The fourth-order valence-corrected chi connectivity index (χ4v) is 9.01. The van der Waals surface area contributed by atoms with Gasteiger partial charge < -0.3 is 39.9 Å². The molecule has 0 bridgehead atoms. The normalized spacial score (nSPS) is 20.7. The van der Waals surface area contributed by atoms with E-state index in [-0.39, 0.29) is 52.3 Å². The summed E-state index contributed by atoms with van der Waals surface area (Å²) in [7, 11) is 2.51. The zero-order valence-corrected chi connectivity index (χ0v) is 34.0. The van der Waals surface area contributed by atoms with Crippen molar-refractivity contribution in [3.8, 4) is 33.6 Å². The maximum atomic E-state index is 16.5. The average molecular weight is 813 g/mol. The maximum Gasteiger partial charge on any atom is 0.407 e. The van der Waals surface area contributed by atoms with Gasteiger partial charge in [-0.15, -0.1) is 0 Å². The van der Waals surface area contributed by atoms with Crippen LogP contribution in [0.3, 0.4) is 0 Å². The molecule has 312 valence electrons. The Morgan fingerprint density at radius 3 is 1.73 bits per heavy atom. The third kappa shape index (κ3) is 7.20. The Hall–Kier alpha value is -5.80. The van der Waals surface area contributed by atoms with Crippen LogP contribution in [0.4, 0.5) is 18.4 Å². The van der Waals surface area contributed by atoms with Crippen LogP contribution in [0.15, 0.2) is 48.8 Å². The van der Waals surface area contributed by atoms with E-state index in [1.165, 1.54) is 26.4 Å². The fraction of sp³-hybridized carbons (Fsp3) is 0.488. The number of nitrogens with one attached hydrogen (secondary N) is 4. The molecule has 4 N–H and O–H groups in total. The highest BCUT2D eigenvalue weighted by Gasteiger charge is 2.55. The van der Waals surface area contributed by atoms with E-state index in [0.717, 1.165) is 25.7 Å². The van der Waals surface area contributed by atoms with E-state index < -0.39 is 30.2 Å². The largest absolute Gasteiger partial charge is 0.453 e. The van der Waals surface area contributed by atoms with Gasteiger partial charge in [0.1, 0.15) is 23.7 Å². The van der Waals surface area contributed by atoms with Gasteiger partial charge in [-0.2, -0.15) is 8.78 Å². The first-order valence-corrected chi connectivity index (χ1v) is 20.2. The standard InChI is InChI=1S/C43H50F2N8O6/c1-22(2)34(50-40(56)58-5)38(54)52-15-7-8-32(52)36-46-19-30(48-36)24-9-11-26-27-12-10-25(17-29(27)43(44,45)28(26)16-24)31-20-47-37(49-31)33-18-42(13-14-42)21-53(33)39(55)35(23(3)4)51-41(57)59-6/h9-12,16-17,19-20,22-23,32-35H,7-8,13-15,18,21H2,1-6H3,(H,46,48)(H,47,49)(H,50,56)(H,51,57)/t32-,33-,34-,35?/m0/s1. The molecule has 2 aromatic carbocycles. The quantitative estimate of drug-likeness (QED) is 0.132. The lowest BCUT2D eigenvalue weighted by atomic mass is 10.0. The van der Waals surface area contributed by atoms with E-state index in [1.807, 2.05) is 27.7 Å². The monoisotopic (exact) mass is 812 g/mol. The predicted molar refractivity (Wildman–Crippen MR) is 213 cm³/mol. The second-order valence-corrected chi connectivity index (χ2v) is 17.1. The lowest BCUT2D eigenvalue weighted by Gasteiger charge is -2.30. The molecule has 2 aromatic heterocycles. The Morgan fingerprint density at radius 1 is 0.763 bits per heavy atom. The van der Waals surface area contributed by atoms with E-state index in [0.29, 0.717) is 64.8 Å². The number of fused-ring (bicyclic) bond motifs is 3. The number of amides is 4. The summed E-state index contributed by atoms with van der Waals surface area (Å²) < 4.78 is 42.5. The van der Waals surface area contributed by atoms with Gasteiger partial charge in [-0.1, -0.05) is 52.0 Å². The number of alkyl halides is 2. The summed E-state index contributed by atoms with van der Waals surface area (Å²) in [4.78, 5) is 71.0. The first-order chi connectivity index (χ1) is 28.1. The number of halogens is 2. The second-order valence-electron chi connectivity index (χ2n) is 17.1. The average Bonchev–Trinajstić information content (AvgIpc) is 3.81. The Bertz CT molecular complexity index is 2300. The molecule has 1 spiro atoms. The lowest BCUT2D eigenvalue weighted by molar-refractivity contribution is -0.136. The van der Waals surface area contributed by atoms with Crippen molar-refractivity contribution in [2.24, 2.45) is 17.3 Å². The molecule has 14 nitrogen and oxygen atoms in total. The highest BCUT2D eigenvalue weighted by molar-refractivity contribution is 5.88. The molecular formula is C43H50F2N8O6. The number of imidazole rings is 2. The number of methoxy groups -OCH3 is 2. The number of ether oxygens (including phenoxy) is 2. The fourth-order valence-electron chi connectivity index (χ4n) is 9.01. The number of rotatable bonds is 10. The molecule has 1 saturated carbocycles. The van der Waals surface area contributed by atoms with Gasteiger partial charge >= 0.3 is 12.2 Å². The van der Waals surface area contributed by atoms with Crippen molar-refractivity contribution in [3.05, 3.63) is 71.6 Å². The Kier molecular flexibility index (Phi) is 10.2. The van der Waals surface area contributed by atoms with Crippen LogP contribution in [0.5, 0.6) is 0 Å². The van der Waals surface area contributed by atoms with Crippen LogP contribution in [0.1, 0.15) is 94.7 Å². The molecule has 2 aliphatic carbocycles. The molecule has 4 aliphatic rings. The van der Waals surface area contributed by atoms with E-state index in [2.05, 4.69) is 30.6 Å². The molecule has 2 saturated heterocycles. The molecule has 2 aliphatic heterocycles. The van der Waals surface area contributed by atoms with E-state index >= 15 is 8.78 Å². The number of carbonyl (C=O) groups is 4. The molecule has 4 amide bonds. The molecule has 8 rings (SSSR count). The van der Waals surface area contributed by atoms with Crippen molar-refractivity contribution < 1.29 is 37.4 Å². The first-order valence-electron chi connectivity index (χ1n) is 20.2. The lowest BCUT2D eigenvalue weighted by Crippen LogP contribution is -2.51. The molecule has 4 aromatic rings. The van der Waals surface area contributed by atoms with Gasteiger partial charge in [0.15, 0.2) is 0 Å². The number of carbonyl (C=O) groups excluding carboxylic acids is 4. The summed E-state index contributed by atoms with van der Waals surface area (Å²) in [6.07, 6.45) is 5.98. The molecule has 4 heterocycles. The minimum absolute atomic E-state index is 0.00950. The molecule has 0 radical (unpaired) electrons. The van der Waals surface area contributed by atoms with Gasteiger partial charge in [0, 0.05) is 35.3 Å². The Balaban J connectivity index is 1.02. The van der Waals surface area contributed by atoms with E-state index in [9.17, 15) is 19.2 Å². The van der Waals surface area contributed by atoms with E-state index in [1.54, 1.807) is 46.5 Å². The molecular weight excluding hydrogens is 763 g/mol. The summed E-state index contributed by atoms with van der Waals surface area (Å²) >= 11 is 0. The highest BCUT2D eigenvalue weighted by Crippen LogP contribution is 2.58. The summed E-state index contributed by atoms with van der Waals surface area (Å²) in [5.41, 5.74) is 2.81. The number of aromatic amines is 2. The summed E-state index contributed by atoms with van der Waals surface area (Å²) in [5.74, 6) is -3.01. The van der Waals surface area contributed by atoms with Gasteiger partial charge in [-0.05, 0) is 72.6 Å². The van der Waals surface area contributed by atoms with Crippen LogP contribution in [-0.4, -0.2) is 93.1 Å². The van der Waals surface area contributed by atoms with Crippen LogP contribution in [0.25, 0.3) is 33.6 Å². The summed E-state index contributed by atoms with van der Waals surface area (Å²) in [6.45, 7) is 8.47. The third-order valence-corrected chi connectivity index (χ3v) is 12.5. The number of H-pyrrole nitrogens is 2. The Labute approximate surface area is 340 Å². The molecule has 3 fully saturated rings. The number of hydrogen-bond acceptors (Lipinski definition) is 8. The number of nitrogens with zero attached hydrogens (tertiary/aromatic N) is 4. The minimum atomic E-state index is -3.30. The summed E-state index contributed by atoms with van der Waals surface area (Å²) in [6, 6.07) is 7.70. The van der Waals surface area contributed by atoms with Gasteiger partial charge in [0.25, 0.3) is 5.92 Å². The highest BCUT2D eigenvalue weighted by atomic mass is 19.3. The molecule has 16 heteroatoms. The van der Waals surface area contributed by atoms with E-state index in [4.69, 9.17) is 9.47 Å². The van der Waals surface area contributed by atoms with Crippen molar-refractivity contribution in [3.63, 3.8) is 0 Å². The zero-order valence-electron chi connectivity index (χ0n) is 34.0. The first kappa shape index (κ1) is 40.0. The number of alkyl carbamates (subject to hydrolysis) is 2. The second kappa shape index (κ2) is 15.1. The number of benzene rings is 2. The molecule has 59 heavy (non-hydrogen) atoms. The van der Waals surface area contributed by atoms with Gasteiger partial charge in [-0.3, -0.25) is 9.59 Å². The number of likely N-dealkylation sites (tertiary alicyclic amines) is 2. The van der Waals surface area contributed by atoms with Crippen molar-refractivity contribution in [2.45, 2.75) is 89.9 Å². The van der Waals surface area contributed by atoms with Crippen molar-refractivity contribution >= 4 is 24.0 Å². The number of aromatic nitrogens is 4. The Morgan fingerprint density at radius 2 is 1.25 bits per heavy atom. The molecule has 4 atom stereocenters. The van der Waals surface area contributed by atoms with Crippen LogP contribution in [0.2, 0.25) is 0 Å². The van der Waals surface area contributed by atoms with Crippen molar-refractivity contribution in [1.29, 1.82) is 0 Å². The zero-order chi connectivity index (χ0) is 42.0. The predicted octanol–water partition coefficient (Wildman–Crippen LogP) is 7.07. The van der Waals surface area contributed by atoms with Crippen LogP contribution < -0.4 is 10.6 Å². The van der Waals surface area contributed by atoms with Crippen molar-refractivity contribution in [1.82, 2.24) is 40.4 Å². The topological polar surface area (TPSA) is 175 Å². The molecule has 1 unspecified atom stereocenters. The third-order valence-electron chi connectivity index (χ3n) is 12.5. The van der Waals surface area contributed by atoms with Gasteiger partial charge in [0.05, 0.1) is 50.1 Å². The van der Waals surface area contributed by atoms with Crippen LogP contribution in [-0.2, 0) is 25.0 Å². The SMILES string of the molecule is COC(=O)NC(C(=O)N1CC2(CC2)C[C@H]1c1ncc(-c2ccc3c(c2)C(F)(F)c2cc(-c4cnc([C@@H]5CCCN5C(=O)[C@@H](NC(=O)OC)C(C)C)[nH]4)ccc2-3)[nH]1)C(C)C. The van der Waals surface area contributed by atoms with Crippen molar-refractivity contribution in [2.75, 3.05) is 27.3 Å². The van der Waals surface area contributed by atoms with Gasteiger partial charge in [-0.25, -0.2) is 19.6 Å². The summed E-state index contributed by atoms with van der Waals surface area (Å²) in [5, 5.41) is 5.34. The minimum Gasteiger partial charge on any atom is -0.453 e. The van der Waals surface area contributed by atoms with Crippen LogP contribution >= 0.6 is 0 Å². The smallest absolute Gasteiger partial charge is 0.407 e. The maximum absolute atomic E-state index is 16.5. The van der Waals surface area contributed by atoms with Gasteiger partial charge in [0.2, 0.25) is 11.8 Å². The van der Waals surface area contributed by atoms with Crippen LogP contribution in [0, 0.1) is 17.3 Å².